The van der Waals surface area contributed by atoms with Gasteiger partial charge in [0.2, 0.25) is 5.91 Å². The summed E-state index contributed by atoms with van der Waals surface area (Å²) >= 11 is 1.26. The third-order valence-corrected chi connectivity index (χ3v) is 7.04. The molecule has 2 aromatic carbocycles. The zero-order valence-electron chi connectivity index (χ0n) is 19.9. The van der Waals surface area contributed by atoms with Crippen LogP contribution in [0.5, 0.6) is 11.5 Å². The number of nitrogens with one attached hydrogen (secondary N) is 1. The van der Waals surface area contributed by atoms with E-state index in [1.807, 2.05) is 31.2 Å². The van der Waals surface area contributed by atoms with Gasteiger partial charge in [0.05, 0.1) is 30.5 Å². The molecule has 0 aromatic heterocycles. The van der Waals surface area contributed by atoms with Crippen molar-refractivity contribution < 1.29 is 19.1 Å². The Hall–Kier alpha value is -3.33. The molecule has 0 bridgehead atoms. The van der Waals surface area contributed by atoms with Crippen LogP contribution in [0.25, 0.3) is 0 Å². The zero-order chi connectivity index (χ0) is 24.4. The number of rotatable bonds is 7. The number of para-hydroxylation sites is 1. The normalized spacial score (nSPS) is 17.4. The van der Waals surface area contributed by atoms with Crippen molar-refractivity contribution in [1.29, 1.82) is 0 Å². The van der Waals surface area contributed by atoms with Gasteiger partial charge in [-0.2, -0.15) is 0 Å². The summed E-state index contributed by atoms with van der Waals surface area (Å²) in [4.78, 5) is 37.6. The average molecular weight is 481 g/mol. The van der Waals surface area contributed by atoms with E-state index in [0.29, 0.717) is 39.5 Å². The van der Waals surface area contributed by atoms with Gasteiger partial charge in [-0.3, -0.25) is 14.6 Å². The van der Waals surface area contributed by atoms with Crippen LogP contribution in [0.3, 0.4) is 0 Å². The van der Waals surface area contributed by atoms with Crippen LogP contribution in [0.4, 0.5) is 11.4 Å². The van der Waals surface area contributed by atoms with Crippen molar-refractivity contribution in [2.24, 2.45) is 15.9 Å². The Morgan fingerprint density at radius 1 is 1.21 bits per heavy atom. The molecular weight excluding hydrogens is 452 g/mol. The fourth-order valence-electron chi connectivity index (χ4n) is 3.81. The Balaban J connectivity index is 1.83. The molecule has 0 fully saturated rings. The highest BCUT2D eigenvalue weighted by atomic mass is 32.2. The number of aliphatic imine (C=N–C) groups is 2. The smallest absolute Gasteiger partial charge is 0.259 e. The molecular formula is C25H28N4O4S. The van der Waals surface area contributed by atoms with E-state index >= 15 is 0 Å². The van der Waals surface area contributed by atoms with Crippen molar-refractivity contribution in [1.82, 2.24) is 4.90 Å². The number of benzene rings is 2. The van der Waals surface area contributed by atoms with Crippen LogP contribution in [0.15, 0.2) is 51.3 Å². The highest BCUT2D eigenvalue weighted by molar-refractivity contribution is 8.14. The van der Waals surface area contributed by atoms with Crippen molar-refractivity contribution >= 4 is 46.0 Å². The second-order valence-corrected chi connectivity index (χ2v) is 9.06. The number of methoxy groups -OCH3 is 2. The monoisotopic (exact) mass is 480 g/mol. The number of anilines is 1. The molecule has 178 valence electrons. The van der Waals surface area contributed by atoms with E-state index in [9.17, 15) is 9.59 Å². The van der Waals surface area contributed by atoms with E-state index < -0.39 is 6.04 Å². The molecule has 0 aliphatic carbocycles. The molecule has 9 heteroatoms. The molecule has 2 aliphatic rings. The zero-order valence-corrected chi connectivity index (χ0v) is 20.7. The number of nitrogens with zero attached hydrogens (tertiary/aromatic N) is 3. The van der Waals surface area contributed by atoms with Gasteiger partial charge in [0.1, 0.15) is 23.4 Å². The van der Waals surface area contributed by atoms with Gasteiger partial charge in [-0.25, -0.2) is 9.89 Å². The van der Waals surface area contributed by atoms with Crippen LogP contribution in [0.1, 0.15) is 39.2 Å². The number of thioether (sulfide) groups is 1. The minimum absolute atomic E-state index is 0.0962. The van der Waals surface area contributed by atoms with Crippen LogP contribution >= 0.6 is 11.8 Å². The predicted octanol–water partition coefficient (Wildman–Crippen LogP) is 4.85. The van der Waals surface area contributed by atoms with E-state index in [-0.39, 0.29) is 17.7 Å². The second-order valence-electron chi connectivity index (χ2n) is 8.08. The van der Waals surface area contributed by atoms with Gasteiger partial charge in [-0.05, 0) is 29.8 Å². The maximum atomic E-state index is 13.5. The fraction of sp³-hybridized carbons (Fsp3) is 0.360. The summed E-state index contributed by atoms with van der Waals surface area (Å²) in [5, 5.41) is 3.38. The van der Waals surface area contributed by atoms with Gasteiger partial charge in [0, 0.05) is 24.1 Å². The summed E-state index contributed by atoms with van der Waals surface area (Å²) in [6, 6.07) is 10.7. The van der Waals surface area contributed by atoms with Gasteiger partial charge < -0.3 is 14.8 Å². The van der Waals surface area contributed by atoms with Crippen LogP contribution in [0, 0.1) is 5.92 Å². The third kappa shape index (κ3) is 4.27. The number of amides is 2. The lowest BCUT2D eigenvalue weighted by molar-refractivity contribution is -0.125. The number of hydrogen-bond acceptors (Lipinski definition) is 7. The topological polar surface area (TPSA) is 92.6 Å². The predicted molar refractivity (Wildman–Crippen MR) is 134 cm³/mol. The van der Waals surface area contributed by atoms with Gasteiger partial charge in [0.15, 0.2) is 5.17 Å². The average Bonchev–Trinajstić information content (AvgIpc) is 3.21. The van der Waals surface area contributed by atoms with Crippen LogP contribution in [0.2, 0.25) is 0 Å². The number of amidine groups is 2. The van der Waals surface area contributed by atoms with Gasteiger partial charge in [-0.15, -0.1) is 0 Å². The van der Waals surface area contributed by atoms with Crippen molar-refractivity contribution in [2.45, 2.75) is 44.6 Å². The molecule has 0 radical (unpaired) electrons. The standard InChI is InChI=1S/C25H28N4O4S/c1-6-14(3)21-24(31)29-23(28-21)16-10-8-9-11-17(16)27-25(29)34-22-18(26-20(30)7-2)12-15(32-4)13-19(22)33-5/h8-14,21H,6-7H2,1-5H3,(H,26,30). The molecule has 4 rings (SSSR count). The number of hydrogen-bond donors (Lipinski definition) is 1. The summed E-state index contributed by atoms with van der Waals surface area (Å²) in [6.45, 7) is 5.87. The van der Waals surface area contributed by atoms with Crippen LogP contribution < -0.4 is 14.8 Å². The fourth-order valence-corrected chi connectivity index (χ4v) is 4.86. The molecule has 1 N–H and O–H groups in total. The van der Waals surface area contributed by atoms with E-state index in [0.717, 1.165) is 17.7 Å². The first-order valence-electron chi connectivity index (χ1n) is 11.2. The maximum absolute atomic E-state index is 13.5. The SMILES string of the molecule is CCC(=O)Nc1cc(OC)cc(OC)c1SC1=Nc2ccccc2C2=NC(C(C)CC)C(=O)N12. The first-order valence-corrected chi connectivity index (χ1v) is 12.1. The Kier molecular flexibility index (Phi) is 6.92. The Labute approximate surface area is 203 Å². The number of ether oxygens (including phenoxy) is 2. The lowest BCUT2D eigenvalue weighted by atomic mass is 10.00. The minimum Gasteiger partial charge on any atom is -0.497 e. The van der Waals surface area contributed by atoms with Crippen molar-refractivity contribution in [3.8, 4) is 11.5 Å². The molecule has 2 heterocycles. The van der Waals surface area contributed by atoms with Crippen LogP contribution in [-0.2, 0) is 9.59 Å². The molecule has 2 atom stereocenters. The number of fused-ring (bicyclic) bond motifs is 3. The molecule has 0 saturated carbocycles. The highest BCUT2D eigenvalue weighted by Crippen LogP contribution is 2.44. The summed E-state index contributed by atoms with van der Waals surface area (Å²) in [7, 11) is 3.10. The van der Waals surface area contributed by atoms with Crippen molar-refractivity contribution in [2.75, 3.05) is 19.5 Å². The summed E-state index contributed by atoms with van der Waals surface area (Å²) in [5.74, 6) is 1.50. The largest absolute Gasteiger partial charge is 0.497 e. The summed E-state index contributed by atoms with van der Waals surface area (Å²) in [5.41, 5.74) is 2.09. The Morgan fingerprint density at radius 2 is 1.97 bits per heavy atom. The first kappa shape index (κ1) is 23.8. The highest BCUT2D eigenvalue weighted by Gasteiger charge is 2.43. The lowest BCUT2D eigenvalue weighted by Gasteiger charge is -2.27. The van der Waals surface area contributed by atoms with Gasteiger partial charge in [-0.1, -0.05) is 39.3 Å². The minimum atomic E-state index is -0.464. The Bertz CT molecular complexity index is 1190. The molecule has 2 unspecified atom stereocenters. The lowest BCUT2D eigenvalue weighted by Crippen LogP contribution is -2.42. The first-order chi connectivity index (χ1) is 16.4. The summed E-state index contributed by atoms with van der Waals surface area (Å²) in [6.07, 6.45) is 1.15. The number of carbonyl (C=O) groups excluding carboxylic acids is 2. The quantitative estimate of drug-likeness (QED) is 0.612. The number of carbonyl (C=O) groups is 2. The molecule has 34 heavy (non-hydrogen) atoms. The molecule has 2 aromatic rings. The molecule has 0 saturated heterocycles. The molecule has 8 nitrogen and oxygen atoms in total. The van der Waals surface area contributed by atoms with Gasteiger partial charge >= 0.3 is 0 Å². The Morgan fingerprint density at radius 3 is 2.65 bits per heavy atom. The van der Waals surface area contributed by atoms with E-state index in [2.05, 4.69) is 12.2 Å². The van der Waals surface area contributed by atoms with Crippen LogP contribution in [-0.4, -0.2) is 48.0 Å². The molecule has 2 aliphatic heterocycles. The maximum Gasteiger partial charge on any atom is 0.259 e. The van der Waals surface area contributed by atoms with Gasteiger partial charge in [0.25, 0.3) is 5.91 Å². The van der Waals surface area contributed by atoms with E-state index in [1.165, 1.54) is 11.8 Å². The third-order valence-electron chi connectivity index (χ3n) is 5.95. The van der Waals surface area contributed by atoms with Crippen molar-refractivity contribution in [3.63, 3.8) is 0 Å². The van der Waals surface area contributed by atoms with E-state index in [4.69, 9.17) is 19.5 Å². The summed E-state index contributed by atoms with van der Waals surface area (Å²) < 4.78 is 11.0. The second kappa shape index (κ2) is 9.89. The van der Waals surface area contributed by atoms with E-state index in [1.54, 1.807) is 38.2 Å². The van der Waals surface area contributed by atoms with Crippen molar-refractivity contribution in [3.05, 3.63) is 42.0 Å². The molecule has 0 spiro atoms. The molecule has 2 amide bonds.